The molecule has 5 nitrogen and oxygen atoms in total. The standard InChI is InChI=1S/C13H11N5/c1-2-8-18-16-13(15-17-18)12(10-14)9-11-6-4-3-5-7-11/h2-7,9H,1,8H2/b12-9-. The molecular weight excluding hydrogens is 226 g/mol. The molecule has 2 aromatic rings. The van der Waals surface area contributed by atoms with Crippen molar-refractivity contribution in [1.29, 1.82) is 5.26 Å². The fourth-order valence-electron chi connectivity index (χ4n) is 1.41. The lowest BCUT2D eigenvalue weighted by atomic mass is 10.1. The zero-order valence-corrected chi connectivity index (χ0v) is 9.69. The maximum absolute atomic E-state index is 9.12. The second-order valence-electron chi connectivity index (χ2n) is 3.54. The Labute approximate surface area is 105 Å². The van der Waals surface area contributed by atoms with Gasteiger partial charge in [0.25, 0.3) is 0 Å². The summed E-state index contributed by atoms with van der Waals surface area (Å²) in [6.07, 6.45) is 3.40. The molecule has 0 unspecified atom stereocenters. The van der Waals surface area contributed by atoms with E-state index < -0.39 is 0 Å². The van der Waals surface area contributed by atoms with Crippen LogP contribution < -0.4 is 0 Å². The van der Waals surface area contributed by atoms with Gasteiger partial charge in [-0.25, -0.2) is 0 Å². The molecule has 0 amide bonds. The third kappa shape index (κ3) is 2.68. The highest BCUT2D eigenvalue weighted by atomic mass is 15.6. The molecule has 0 fully saturated rings. The van der Waals surface area contributed by atoms with Crippen molar-refractivity contribution in [2.75, 3.05) is 0 Å². The molecule has 0 spiro atoms. The summed E-state index contributed by atoms with van der Waals surface area (Å²) >= 11 is 0. The first-order valence-electron chi connectivity index (χ1n) is 5.39. The Morgan fingerprint density at radius 2 is 2.17 bits per heavy atom. The predicted molar refractivity (Wildman–Crippen MR) is 67.9 cm³/mol. The molecule has 0 atom stereocenters. The summed E-state index contributed by atoms with van der Waals surface area (Å²) in [4.78, 5) is 1.39. The number of aromatic nitrogens is 4. The molecule has 88 valence electrons. The number of rotatable bonds is 4. The summed E-state index contributed by atoms with van der Waals surface area (Å²) in [5.74, 6) is 0.322. The van der Waals surface area contributed by atoms with E-state index in [1.54, 1.807) is 12.2 Å². The SMILES string of the molecule is C=CCn1nnc(/C(C#N)=C\c2ccccc2)n1. The van der Waals surface area contributed by atoms with Gasteiger partial charge in [0.1, 0.15) is 11.6 Å². The molecule has 0 saturated carbocycles. The van der Waals surface area contributed by atoms with Crippen LogP contribution in [0, 0.1) is 11.3 Å². The van der Waals surface area contributed by atoms with Gasteiger partial charge in [0.15, 0.2) is 0 Å². The van der Waals surface area contributed by atoms with Gasteiger partial charge < -0.3 is 0 Å². The third-order valence-corrected chi connectivity index (χ3v) is 2.22. The van der Waals surface area contributed by atoms with Crippen LogP contribution in [-0.4, -0.2) is 20.2 Å². The minimum absolute atomic E-state index is 0.322. The predicted octanol–water partition coefficient (Wildman–Crippen LogP) is 1.92. The van der Waals surface area contributed by atoms with Crippen molar-refractivity contribution >= 4 is 11.6 Å². The van der Waals surface area contributed by atoms with E-state index in [9.17, 15) is 0 Å². The molecule has 0 aliphatic rings. The van der Waals surface area contributed by atoms with Crippen molar-refractivity contribution in [3.05, 3.63) is 54.4 Å². The summed E-state index contributed by atoms with van der Waals surface area (Å²) in [5, 5.41) is 20.9. The van der Waals surface area contributed by atoms with Crippen molar-refractivity contribution in [2.24, 2.45) is 0 Å². The first-order valence-corrected chi connectivity index (χ1v) is 5.39. The average molecular weight is 237 g/mol. The van der Waals surface area contributed by atoms with Crippen LogP contribution in [0.4, 0.5) is 0 Å². The van der Waals surface area contributed by atoms with Gasteiger partial charge in [-0.2, -0.15) is 10.1 Å². The first-order chi connectivity index (χ1) is 8.83. The summed E-state index contributed by atoms with van der Waals surface area (Å²) in [5.41, 5.74) is 1.31. The van der Waals surface area contributed by atoms with Crippen LogP contribution in [0.15, 0.2) is 43.0 Å². The summed E-state index contributed by atoms with van der Waals surface area (Å²) < 4.78 is 0. The summed E-state index contributed by atoms with van der Waals surface area (Å²) in [6.45, 7) is 4.06. The van der Waals surface area contributed by atoms with Gasteiger partial charge in [0, 0.05) is 0 Å². The number of nitriles is 1. The Kier molecular flexibility index (Phi) is 3.62. The van der Waals surface area contributed by atoms with E-state index in [1.165, 1.54) is 4.80 Å². The first kappa shape index (κ1) is 11.7. The molecule has 0 aliphatic heterocycles. The smallest absolute Gasteiger partial charge is 0.192 e. The lowest BCUT2D eigenvalue weighted by Crippen LogP contribution is -1.99. The normalized spacial score (nSPS) is 10.9. The van der Waals surface area contributed by atoms with E-state index in [2.05, 4.69) is 28.1 Å². The fraction of sp³-hybridized carbons (Fsp3) is 0.0769. The van der Waals surface area contributed by atoms with Gasteiger partial charge in [-0.15, -0.1) is 16.8 Å². The zero-order valence-electron chi connectivity index (χ0n) is 9.69. The van der Waals surface area contributed by atoms with Crippen LogP contribution >= 0.6 is 0 Å². The van der Waals surface area contributed by atoms with Gasteiger partial charge in [0.2, 0.25) is 5.82 Å². The summed E-state index contributed by atoms with van der Waals surface area (Å²) in [6, 6.07) is 11.6. The highest BCUT2D eigenvalue weighted by Crippen LogP contribution is 2.12. The lowest BCUT2D eigenvalue weighted by molar-refractivity contribution is 0.582. The number of hydrogen-bond acceptors (Lipinski definition) is 4. The van der Waals surface area contributed by atoms with E-state index in [4.69, 9.17) is 5.26 Å². The van der Waals surface area contributed by atoms with Crippen LogP contribution in [0.3, 0.4) is 0 Å². The quantitative estimate of drug-likeness (QED) is 0.602. The largest absolute Gasteiger partial charge is 0.215 e. The molecule has 5 heteroatoms. The second-order valence-corrected chi connectivity index (χ2v) is 3.54. The Morgan fingerprint density at radius 1 is 1.39 bits per heavy atom. The second kappa shape index (κ2) is 5.55. The van der Waals surface area contributed by atoms with E-state index in [1.807, 2.05) is 30.3 Å². The van der Waals surface area contributed by atoms with E-state index >= 15 is 0 Å². The van der Waals surface area contributed by atoms with Crippen LogP contribution in [0.1, 0.15) is 11.4 Å². The Balaban J connectivity index is 2.31. The van der Waals surface area contributed by atoms with Crippen molar-refractivity contribution in [1.82, 2.24) is 20.2 Å². The topological polar surface area (TPSA) is 67.4 Å². The lowest BCUT2D eigenvalue weighted by Gasteiger charge is -1.93. The van der Waals surface area contributed by atoms with Crippen molar-refractivity contribution in [2.45, 2.75) is 6.54 Å². The molecule has 18 heavy (non-hydrogen) atoms. The zero-order chi connectivity index (χ0) is 12.8. The Bertz CT molecular complexity index is 604. The number of hydrogen-bond donors (Lipinski definition) is 0. The van der Waals surface area contributed by atoms with Gasteiger partial charge >= 0.3 is 0 Å². The molecule has 0 radical (unpaired) electrons. The molecule has 1 heterocycles. The molecular formula is C13H11N5. The molecule has 2 rings (SSSR count). The molecule has 1 aromatic carbocycles. The van der Waals surface area contributed by atoms with Crippen molar-refractivity contribution < 1.29 is 0 Å². The monoisotopic (exact) mass is 237 g/mol. The highest BCUT2D eigenvalue weighted by molar-refractivity contribution is 5.86. The fourth-order valence-corrected chi connectivity index (χ4v) is 1.41. The van der Waals surface area contributed by atoms with Crippen LogP contribution in [0.2, 0.25) is 0 Å². The molecule has 0 bridgehead atoms. The van der Waals surface area contributed by atoms with Crippen LogP contribution in [0.5, 0.6) is 0 Å². The van der Waals surface area contributed by atoms with Gasteiger partial charge in [0.05, 0.1) is 6.54 Å². The van der Waals surface area contributed by atoms with Crippen LogP contribution in [-0.2, 0) is 6.54 Å². The molecule has 0 N–H and O–H groups in total. The van der Waals surface area contributed by atoms with E-state index in [0.29, 0.717) is 17.9 Å². The number of benzene rings is 1. The minimum Gasteiger partial charge on any atom is -0.192 e. The third-order valence-electron chi connectivity index (χ3n) is 2.22. The van der Waals surface area contributed by atoms with Gasteiger partial charge in [-0.3, -0.25) is 0 Å². The average Bonchev–Trinajstić information content (AvgIpc) is 2.86. The number of nitrogens with zero attached hydrogens (tertiary/aromatic N) is 5. The van der Waals surface area contributed by atoms with Crippen molar-refractivity contribution in [3.63, 3.8) is 0 Å². The number of tetrazole rings is 1. The number of allylic oxidation sites excluding steroid dienone is 2. The maximum atomic E-state index is 9.12. The summed E-state index contributed by atoms with van der Waals surface area (Å²) in [7, 11) is 0. The van der Waals surface area contributed by atoms with E-state index in [-0.39, 0.29) is 0 Å². The van der Waals surface area contributed by atoms with E-state index in [0.717, 1.165) is 5.56 Å². The Morgan fingerprint density at radius 3 is 2.83 bits per heavy atom. The molecule has 1 aromatic heterocycles. The van der Waals surface area contributed by atoms with Crippen molar-refractivity contribution in [3.8, 4) is 6.07 Å². The highest BCUT2D eigenvalue weighted by Gasteiger charge is 2.07. The minimum atomic E-state index is 0.322. The van der Waals surface area contributed by atoms with Crippen LogP contribution in [0.25, 0.3) is 11.6 Å². The maximum Gasteiger partial charge on any atom is 0.215 e. The molecule has 0 saturated heterocycles. The Hall–Kier alpha value is -2.74. The van der Waals surface area contributed by atoms with Gasteiger partial charge in [-0.1, -0.05) is 36.4 Å². The van der Waals surface area contributed by atoms with Gasteiger partial charge in [-0.05, 0) is 16.9 Å². The molecule has 0 aliphatic carbocycles.